The molecule has 2 saturated heterocycles. The topological polar surface area (TPSA) is 100 Å². The molecule has 0 spiro atoms. The summed E-state index contributed by atoms with van der Waals surface area (Å²) in [6, 6.07) is -0.142. The second-order valence-electron chi connectivity index (χ2n) is 7.25. The van der Waals surface area contributed by atoms with E-state index in [0.717, 1.165) is 54.7 Å². The number of ether oxygens (including phenoxy) is 1. The van der Waals surface area contributed by atoms with E-state index in [-0.39, 0.29) is 23.5 Å². The summed E-state index contributed by atoms with van der Waals surface area (Å²) in [5, 5.41) is 8.77. The average molecular weight is 380 g/mol. The lowest BCUT2D eigenvalue weighted by Gasteiger charge is -2.19. The van der Waals surface area contributed by atoms with Crippen molar-refractivity contribution >= 4 is 9.84 Å². The molecule has 0 aliphatic carbocycles. The molecule has 2 aromatic rings. The van der Waals surface area contributed by atoms with E-state index >= 15 is 0 Å². The van der Waals surface area contributed by atoms with Crippen LogP contribution >= 0.6 is 0 Å². The van der Waals surface area contributed by atoms with E-state index in [4.69, 9.17) is 19.3 Å². The molecule has 0 amide bonds. The molecule has 142 valence electrons. The first-order valence-corrected chi connectivity index (χ1v) is 10.9. The van der Waals surface area contributed by atoms with E-state index in [2.05, 4.69) is 5.16 Å². The molecule has 8 nitrogen and oxygen atoms in total. The normalized spacial score (nSPS) is 23.5. The van der Waals surface area contributed by atoms with Gasteiger partial charge in [-0.1, -0.05) is 5.16 Å². The van der Waals surface area contributed by atoms with Crippen molar-refractivity contribution in [1.82, 2.24) is 19.9 Å². The van der Waals surface area contributed by atoms with Gasteiger partial charge in [0, 0.05) is 31.1 Å². The minimum atomic E-state index is -2.99. The Morgan fingerprint density at radius 1 is 1.19 bits per heavy atom. The Balaban J connectivity index is 1.69. The summed E-state index contributed by atoms with van der Waals surface area (Å²) < 4.78 is 36.5. The lowest BCUT2D eigenvalue weighted by Crippen LogP contribution is -2.17. The van der Waals surface area contributed by atoms with Gasteiger partial charge in [-0.15, -0.1) is 0 Å². The molecule has 4 rings (SSSR count). The third kappa shape index (κ3) is 3.42. The smallest absolute Gasteiger partial charge is 0.154 e. The number of aryl methyl sites for hydroxylation is 2. The molecule has 2 aliphatic rings. The fourth-order valence-corrected chi connectivity index (χ4v) is 5.49. The molecule has 2 fully saturated rings. The number of aromatic nitrogens is 4. The zero-order valence-corrected chi connectivity index (χ0v) is 16.0. The number of rotatable bonds is 4. The van der Waals surface area contributed by atoms with Crippen molar-refractivity contribution in [2.45, 2.75) is 51.5 Å². The maximum Gasteiger partial charge on any atom is 0.154 e. The van der Waals surface area contributed by atoms with E-state index in [1.807, 2.05) is 18.5 Å². The number of sulfone groups is 1. The van der Waals surface area contributed by atoms with Crippen LogP contribution in [-0.2, 0) is 21.0 Å². The van der Waals surface area contributed by atoms with Crippen molar-refractivity contribution in [2.24, 2.45) is 0 Å². The molecule has 0 saturated carbocycles. The minimum Gasteiger partial charge on any atom is -0.381 e. The average Bonchev–Trinajstić information content (AvgIpc) is 3.29. The predicted molar refractivity (Wildman–Crippen MR) is 93.9 cm³/mol. The first-order chi connectivity index (χ1) is 12.4. The molecule has 2 aromatic heterocycles. The Morgan fingerprint density at radius 2 is 1.96 bits per heavy atom. The first kappa shape index (κ1) is 17.7. The summed E-state index contributed by atoms with van der Waals surface area (Å²) >= 11 is 0. The summed E-state index contributed by atoms with van der Waals surface area (Å²) in [5.74, 6) is 2.99. The van der Waals surface area contributed by atoms with Gasteiger partial charge in [-0.2, -0.15) is 5.10 Å². The van der Waals surface area contributed by atoms with E-state index in [9.17, 15) is 8.42 Å². The fraction of sp³-hybridized carbons (Fsp3) is 0.706. The Hall–Kier alpha value is -1.74. The summed E-state index contributed by atoms with van der Waals surface area (Å²) in [5.41, 5.74) is 1.83. The molecule has 1 atom stereocenters. The highest BCUT2D eigenvalue weighted by Gasteiger charge is 2.33. The highest BCUT2D eigenvalue weighted by atomic mass is 32.2. The van der Waals surface area contributed by atoms with Gasteiger partial charge in [0.2, 0.25) is 0 Å². The van der Waals surface area contributed by atoms with Crippen LogP contribution in [0.25, 0.3) is 0 Å². The first-order valence-electron chi connectivity index (χ1n) is 9.08. The lowest BCUT2D eigenvalue weighted by molar-refractivity contribution is 0.0835. The van der Waals surface area contributed by atoms with Crippen LogP contribution in [0.2, 0.25) is 0 Å². The van der Waals surface area contributed by atoms with Gasteiger partial charge in [0.05, 0.1) is 23.2 Å². The van der Waals surface area contributed by atoms with Gasteiger partial charge >= 0.3 is 0 Å². The fourth-order valence-electron chi connectivity index (χ4n) is 3.80. The van der Waals surface area contributed by atoms with Crippen LogP contribution in [0.4, 0.5) is 0 Å². The molecule has 9 heteroatoms. The summed E-state index contributed by atoms with van der Waals surface area (Å²) in [4.78, 5) is 4.82. The Bertz CT molecular complexity index is 877. The summed E-state index contributed by atoms with van der Waals surface area (Å²) in [6.07, 6.45) is 2.94. The number of hydrogen-bond donors (Lipinski definition) is 0. The van der Waals surface area contributed by atoms with Crippen LogP contribution in [0.1, 0.15) is 59.9 Å². The van der Waals surface area contributed by atoms with Crippen molar-refractivity contribution in [3.8, 4) is 0 Å². The van der Waals surface area contributed by atoms with Gasteiger partial charge in [-0.25, -0.2) is 18.1 Å². The monoisotopic (exact) mass is 380 g/mol. The molecule has 26 heavy (non-hydrogen) atoms. The van der Waals surface area contributed by atoms with Crippen molar-refractivity contribution in [3.05, 3.63) is 28.7 Å². The molecule has 2 aliphatic heterocycles. The standard InChI is InChI=1S/C17H24N4O4S/c1-11-15(12(2)25-20-11)9-16-18-17(13-3-6-24-7-4-13)19-21(16)14-5-8-26(22,23)10-14/h13-14H,3-10H2,1-2H3. The molecule has 1 unspecified atom stereocenters. The number of nitrogens with zero attached hydrogens (tertiary/aromatic N) is 4. The predicted octanol–water partition coefficient (Wildman–Crippen LogP) is 1.73. The molecular weight excluding hydrogens is 356 g/mol. The summed E-state index contributed by atoms with van der Waals surface area (Å²) in [7, 11) is -2.99. The van der Waals surface area contributed by atoms with Crippen LogP contribution in [-0.4, -0.2) is 53.1 Å². The van der Waals surface area contributed by atoms with E-state index in [1.165, 1.54) is 0 Å². The maximum absolute atomic E-state index is 12.0. The van der Waals surface area contributed by atoms with Gasteiger partial charge in [0.25, 0.3) is 0 Å². The molecule has 0 radical (unpaired) electrons. The highest BCUT2D eigenvalue weighted by molar-refractivity contribution is 7.91. The molecule has 0 N–H and O–H groups in total. The third-order valence-electron chi connectivity index (χ3n) is 5.38. The summed E-state index contributed by atoms with van der Waals surface area (Å²) in [6.45, 7) is 5.23. The quantitative estimate of drug-likeness (QED) is 0.796. The van der Waals surface area contributed by atoms with Gasteiger partial charge < -0.3 is 9.26 Å². The Kier molecular flexibility index (Phi) is 4.60. The minimum absolute atomic E-state index is 0.137. The second kappa shape index (κ2) is 6.77. The van der Waals surface area contributed by atoms with Crippen molar-refractivity contribution in [3.63, 3.8) is 0 Å². The van der Waals surface area contributed by atoms with Crippen molar-refractivity contribution < 1.29 is 17.7 Å². The molecule has 0 aromatic carbocycles. The number of hydrogen-bond acceptors (Lipinski definition) is 7. The van der Waals surface area contributed by atoms with Crippen LogP contribution in [0.5, 0.6) is 0 Å². The molecule has 4 heterocycles. The maximum atomic E-state index is 12.0. The SMILES string of the molecule is Cc1noc(C)c1Cc1nc(C2CCOCC2)nn1C1CCS(=O)(=O)C1. The van der Waals surface area contributed by atoms with E-state index in [0.29, 0.717) is 12.8 Å². The van der Waals surface area contributed by atoms with Gasteiger partial charge in [-0.3, -0.25) is 0 Å². The highest BCUT2D eigenvalue weighted by Crippen LogP contribution is 2.30. The van der Waals surface area contributed by atoms with Gasteiger partial charge in [0.1, 0.15) is 11.6 Å². The van der Waals surface area contributed by atoms with Crippen molar-refractivity contribution in [2.75, 3.05) is 24.7 Å². The Morgan fingerprint density at radius 3 is 2.58 bits per heavy atom. The van der Waals surface area contributed by atoms with Crippen LogP contribution in [0.15, 0.2) is 4.52 Å². The van der Waals surface area contributed by atoms with Gasteiger partial charge in [-0.05, 0) is 33.1 Å². The van der Waals surface area contributed by atoms with Crippen LogP contribution < -0.4 is 0 Å². The lowest BCUT2D eigenvalue weighted by atomic mass is 10.00. The zero-order chi connectivity index (χ0) is 18.3. The van der Waals surface area contributed by atoms with E-state index in [1.54, 1.807) is 0 Å². The van der Waals surface area contributed by atoms with Crippen LogP contribution in [0, 0.1) is 13.8 Å². The van der Waals surface area contributed by atoms with Crippen LogP contribution in [0.3, 0.4) is 0 Å². The van der Waals surface area contributed by atoms with E-state index < -0.39 is 9.84 Å². The zero-order valence-electron chi connectivity index (χ0n) is 15.1. The molecule has 0 bridgehead atoms. The molecular formula is C17H24N4O4S. The van der Waals surface area contributed by atoms with Gasteiger partial charge in [0.15, 0.2) is 15.7 Å². The largest absolute Gasteiger partial charge is 0.381 e. The second-order valence-corrected chi connectivity index (χ2v) is 9.48. The van der Waals surface area contributed by atoms with Crippen molar-refractivity contribution in [1.29, 1.82) is 0 Å². The Labute approximate surface area is 152 Å². The third-order valence-corrected chi connectivity index (χ3v) is 7.13.